The third-order valence-corrected chi connectivity index (χ3v) is 1.68. The number of hydrogen-bond donors (Lipinski definition) is 3. The maximum Gasteiger partial charge on any atom is 0.335 e. The first kappa shape index (κ1) is 11.8. The SMILES string of the molecule is Nc1cc(C(=O)O)ccc1S.[Na]. The normalized spacial score (nSPS) is 8.75. The minimum absolute atomic E-state index is 0. The molecule has 0 atom stereocenters. The summed E-state index contributed by atoms with van der Waals surface area (Å²) in [6.07, 6.45) is 0. The molecule has 0 fully saturated rings. The van der Waals surface area contributed by atoms with Gasteiger partial charge in [-0.05, 0) is 18.2 Å². The third kappa shape index (κ3) is 2.71. The van der Waals surface area contributed by atoms with Crippen LogP contribution in [0.25, 0.3) is 0 Å². The van der Waals surface area contributed by atoms with E-state index >= 15 is 0 Å². The van der Waals surface area contributed by atoms with Crippen LogP contribution in [0.5, 0.6) is 0 Å². The van der Waals surface area contributed by atoms with Crippen molar-refractivity contribution in [2.45, 2.75) is 4.90 Å². The third-order valence-electron chi connectivity index (χ3n) is 1.27. The smallest absolute Gasteiger partial charge is 0.335 e. The minimum Gasteiger partial charge on any atom is -0.478 e. The predicted molar refractivity (Wildman–Crippen MR) is 50.8 cm³/mol. The van der Waals surface area contributed by atoms with Crippen molar-refractivity contribution in [1.29, 1.82) is 0 Å². The van der Waals surface area contributed by atoms with E-state index in [1.165, 1.54) is 12.1 Å². The molecule has 0 amide bonds. The van der Waals surface area contributed by atoms with Gasteiger partial charge in [-0.3, -0.25) is 0 Å². The largest absolute Gasteiger partial charge is 0.478 e. The molecule has 0 unspecified atom stereocenters. The molecule has 1 radical (unpaired) electrons. The second-order valence-electron chi connectivity index (χ2n) is 2.08. The number of carbonyl (C=O) groups is 1. The Kier molecular flexibility index (Phi) is 4.70. The second kappa shape index (κ2) is 4.77. The van der Waals surface area contributed by atoms with Gasteiger partial charge in [0.05, 0.1) is 5.56 Å². The first-order valence-corrected chi connectivity index (χ1v) is 3.38. The van der Waals surface area contributed by atoms with E-state index in [1.54, 1.807) is 6.07 Å². The fourth-order valence-corrected chi connectivity index (χ4v) is 0.827. The van der Waals surface area contributed by atoms with E-state index in [-0.39, 0.29) is 35.1 Å². The summed E-state index contributed by atoms with van der Waals surface area (Å²) in [5.41, 5.74) is 5.98. The Morgan fingerprint density at radius 1 is 1.50 bits per heavy atom. The number of carboxylic acid groups (broad SMARTS) is 1. The van der Waals surface area contributed by atoms with Crippen molar-refractivity contribution in [3.8, 4) is 0 Å². The Balaban J connectivity index is 0.00000121. The molecule has 5 heteroatoms. The van der Waals surface area contributed by atoms with Gasteiger partial charge in [0.1, 0.15) is 0 Å². The Labute approximate surface area is 97.7 Å². The van der Waals surface area contributed by atoms with Crippen molar-refractivity contribution in [3.05, 3.63) is 23.8 Å². The molecule has 0 spiro atoms. The van der Waals surface area contributed by atoms with Crippen LogP contribution in [-0.2, 0) is 0 Å². The van der Waals surface area contributed by atoms with Crippen molar-refractivity contribution >= 4 is 53.8 Å². The molecule has 0 aliphatic rings. The van der Waals surface area contributed by atoms with Gasteiger partial charge in [-0.25, -0.2) is 4.79 Å². The van der Waals surface area contributed by atoms with Crippen molar-refractivity contribution in [2.24, 2.45) is 0 Å². The van der Waals surface area contributed by atoms with Gasteiger partial charge in [-0.15, -0.1) is 12.6 Å². The fourth-order valence-electron chi connectivity index (χ4n) is 0.688. The van der Waals surface area contributed by atoms with E-state index in [1.807, 2.05) is 0 Å². The molecule has 0 aliphatic heterocycles. The second-order valence-corrected chi connectivity index (χ2v) is 2.56. The van der Waals surface area contributed by atoms with Gasteiger partial charge in [0, 0.05) is 40.1 Å². The van der Waals surface area contributed by atoms with Crippen molar-refractivity contribution < 1.29 is 9.90 Å². The quantitative estimate of drug-likeness (QED) is 0.351. The molecule has 0 bridgehead atoms. The Morgan fingerprint density at radius 2 is 2.08 bits per heavy atom. The summed E-state index contributed by atoms with van der Waals surface area (Å²) in [6.45, 7) is 0. The number of nitrogens with two attached hydrogens (primary N) is 1. The zero-order valence-electron chi connectivity index (χ0n) is 6.61. The Bertz CT molecular complexity index is 303. The maximum atomic E-state index is 10.4. The summed E-state index contributed by atoms with van der Waals surface area (Å²) in [4.78, 5) is 11.0. The van der Waals surface area contributed by atoms with E-state index in [4.69, 9.17) is 10.8 Å². The van der Waals surface area contributed by atoms with E-state index in [0.717, 1.165) is 0 Å². The number of nitrogen functional groups attached to an aromatic ring is 1. The first-order valence-electron chi connectivity index (χ1n) is 2.93. The van der Waals surface area contributed by atoms with E-state index in [9.17, 15) is 4.79 Å². The van der Waals surface area contributed by atoms with Crippen LogP contribution in [-0.4, -0.2) is 40.6 Å². The zero-order chi connectivity index (χ0) is 8.43. The van der Waals surface area contributed by atoms with Gasteiger partial charge in [-0.2, -0.15) is 0 Å². The van der Waals surface area contributed by atoms with Crippen molar-refractivity contribution in [2.75, 3.05) is 5.73 Å². The van der Waals surface area contributed by atoms with Crippen LogP contribution < -0.4 is 5.73 Å². The van der Waals surface area contributed by atoms with Crippen molar-refractivity contribution in [1.82, 2.24) is 0 Å². The molecule has 3 nitrogen and oxygen atoms in total. The summed E-state index contributed by atoms with van der Waals surface area (Å²) >= 11 is 4.00. The van der Waals surface area contributed by atoms with Crippen molar-refractivity contribution in [3.63, 3.8) is 0 Å². The van der Waals surface area contributed by atoms with E-state index < -0.39 is 5.97 Å². The topological polar surface area (TPSA) is 63.3 Å². The summed E-state index contributed by atoms with van der Waals surface area (Å²) in [5, 5.41) is 8.52. The molecule has 0 aliphatic carbocycles. The predicted octanol–water partition coefficient (Wildman–Crippen LogP) is 0.875. The van der Waals surface area contributed by atoms with Crippen LogP contribution in [0.2, 0.25) is 0 Å². The summed E-state index contributed by atoms with van der Waals surface area (Å²) in [6, 6.07) is 4.40. The molecule has 0 saturated heterocycles. The standard InChI is InChI=1S/C7H7NO2S.Na/c8-5-3-4(7(9)10)1-2-6(5)11;/h1-3,11H,8H2,(H,9,10);. The number of carboxylic acids is 1. The molecule has 3 N–H and O–H groups in total. The van der Waals surface area contributed by atoms with Crippen LogP contribution in [0.3, 0.4) is 0 Å². The zero-order valence-corrected chi connectivity index (χ0v) is 9.51. The summed E-state index contributed by atoms with van der Waals surface area (Å²) in [5.74, 6) is -0.981. The number of anilines is 1. The van der Waals surface area contributed by atoms with Crippen LogP contribution >= 0.6 is 12.6 Å². The maximum absolute atomic E-state index is 10.4. The van der Waals surface area contributed by atoms with Crippen LogP contribution in [0.4, 0.5) is 5.69 Å². The van der Waals surface area contributed by atoms with Gasteiger partial charge in [0.15, 0.2) is 0 Å². The molecule has 59 valence electrons. The number of hydrogen-bond acceptors (Lipinski definition) is 3. The Hall–Kier alpha value is -0.160. The van der Waals surface area contributed by atoms with Crippen LogP contribution in [0.1, 0.15) is 10.4 Å². The molecule has 1 rings (SSSR count). The number of aromatic carboxylic acids is 1. The monoisotopic (exact) mass is 192 g/mol. The van der Waals surface area contributed by atoms with E-state index in [0.29, 0.717) is 10.6 Å². The molecule has 0 saturated carbocycles. The molecule has 1 aromatic carbocycles. The van der Waals surface area contributed by atoms with Gasteiger partial charge < -0.3 is 10.8 Å². The molecular weight excluding hydrogens is 185 g/mol. The molecular formula is C7H7NNaO2S. The average Bonchev–Trinajstić information content (AvgIpc) is 1.94. The average molecular weight is 192 g/mol. The minimum atomic E-state index is -0.981. The van der Waals surface area contributed by atoms with Gasteiger partial charge in [-0.1, -0.05) is 0 Å². The number of benzene rings is 1. The van der Waals surface area contributed by atoms with Gasteiger partial charge in [0.2, 0.25) is 0 Å². The fraction of sp³-hybridized carbons (Fsp3) is 0. The summed E-state index contributed by atoms with van der Waals surface area (Å²) in [7, 11) is 0. The Morgan fingerprint density at radius 3 is 2.50 bits per heavy atom. The van der Waals surface area contributed by atoms with Gasteiger partial charge in [0.25, 0.3) is 0 Å². The van der Waals surface area contributed by atoms with Crippen LogP contribution in [0.15, 0.2) is 23.1 Å². The van der Waals surface area contributed by atoms with Gasteiger partial charge >= 0.3 is 5.97 Å². The molecule has 0 heterocycles. The molecule has 0 aromatic heterocycles. The summed E-state index contributed by atoms with van der Waals surface area (Å²) < 4.78 is 0. The number of rotatable bonds is 1. The van der Waals surface area contributed by atoms with E-state index in [2.05, 4.69) is 12.6 Å². The molecule has 12 heavy (non-hydrogen) atoms. The van der Waals surface area contributed by atoms with Crippen LogP contribution in [0, 0.1) is 0 Å². The number of thiol groups is 1. The molecule has 1 aromatic rings. The first-order chi connectivity index (χ1) is 5.11.